The van der Waals surface area contributed by atoms with Gasteiger partial charge >= 0.3 is 0 Å². The van der Waals surface area contributed by atoms with Crippen molar-refractivity contribution in [2.45, 2.75) is 12.8 Å². The van der Waals surface area contributed by atoms with Crippen LogP contribution in [0.15, 0.2) is 84.9 Å². The van der Waals surface area contributed by atoms with E-state index in [1.54, 1.807) is 11.1 Å². The van der Waals surface area contributed by atoms with Crippen LogP contribution >= 0.6 is 0 Å². The van der Waals surface area contributed by atoms with E-state index < -0.39 is 0 Å². The van der Waals surface area contributed by atoms with Gasteiger partial charge in [-0.05, 0) is 90.4 Å². The highest BCUT2D eigenvalue weighted by Crippen LogP contribution is 2.60. The molecule has 0 heterocycles. The molecule has 5 aromatic carbocycles. The molecule has 0 saturated carbocycles. The van der Waals surface area contributed by atoms with Gasteiger partial charge in [-0.2, -0.15) is 0 Å². The summed E-state index contributed by atoms with van der Waals surface area (Å²) < 4.78 is 0. The molecule has 0 saturated heterocycles. The van der Waals surface area contributed by atoms with Gasteiger partial charge in [0.05, 0.1) is 0 Å². The zero-order valence-electron chi connectivity index (χ0n) is 16.5. The molecule has 0 aromatic heterocycles. The maximum Gasteiger partial charge on any atom is -0.00101 e. The topological polar surface area (TPSA) is 0 Å². The first-order valence-corrected chi connectivity index (χ1v) is 10.8. The molecule has 5 aromatic rings. The molecule has 0 aliphatic heterocycles. The molecular weight excluding hydrogens is 360 g/mol. The summed E-state index contributed by atoms with van der Waals surface area (Å²) in [4.78, 5) is 0. The first kappa shape index (κ1) is 15.2. The Hall–Kier alpha value is -3.64. The molecule has 0 radical (unpaired) electrons. The van der Waals surface area contributed by atoms with E-state index in [0.29, 0.717) is 0 Å². The number of rotatable bonds is 0. The molecule has 0 fully saturated rings. The van der Waals surface area contributed by atoms with Crippen molar-refractivity contribution < 1.29 is 0 Å². The van der Waals surface area contributed by atoms with Crippen LogP contribution in [0.1, 0.15) is 22.3 Å². The standard InChI is InChI=1S/C30H18/c1-3-11-20-18(7-1)15-24-25-16-19-8-2-4-12-21(19)28(25)30-23-14-6-10-17-9-5-13-22(26(17)23)29(30)27(20)24/h1-14H,15-16H2. The molecule has 138 valence electrons. The van der Waals surface area contributed by atoms with Crippen LogP contribution in [0.5, 0.6) is 0 Å². The molecule has 30 heavy (non-hydrogen) atoms. The third-order valence-corrected chi connectivity index (χ3v) is 7.47. The molecule has 0 nitrogen and oxygen atoms in total. The zero-order valence-corrected chi connectivity index (χ0v) is 16.5. The Morgan fingerprint density at radius 1 is 0.400 bits per heavy atom. The van der Waals surface area contributed by atoms with Crippen LogP contribution in [0.2, 0.25) is 0 Å². The van der Waals surface area contributed by atoms with E-state index >= 15 is 0 Å². The van der Waals surface area contributed by atoms with E-state index in [2.05, 4.69) is 84.9 Å². The summed E-state index contributed by atoms with van der Waals surface area (Å²) in [7, 11) is 0. The van der Waals surface area contributed by atoms with Crippen LogP contribution in [0.4, 0.5) is 0 Å². The van der Waals surface area contributed by atoms with Gasteiger partial charge in [-0.1, -0.05) is 84.9 Å². The summed E-state index contributed by atoms with van der Waals surface area (Å²) >= 11 is 0. The lowest BCUT2D eigenvalue weighted by molar-refractivity contribution is 1.16. The fraction of sp³-hybridized carbons (Fsp3) is 0.0667. The number of hydrogen-bond acceptors (Lipinski definition) is 0. The van der Waals surface area contributed by atoms with Crippen molar-refractivity contribution in [3.63, 3.8) is 0 Å². The normalized spacial score (nSPS) is 13.7. The van der Waals surface area contributed by atoms with Crippen molar-refractivity contribution in [2.24, 2.45) is 0 Å². The van der Waals surface area contributed by atoms with Gasteiger partial charge in [0.15, 0.2) is 0 Å². The Morgan fingerprint density at radius 3 is 1.40 bits per heavy atom. The molecular formula is C30H18. The zero-order chi connectivity index (χ0) is 19.4. The molecule has 0 heteroatoms. The molecule has 0 spiro atoms. The summed E-state index contributed by atoms with van der Waals surface area (Å²) in [5, 5.41) is 2.78. The lowest BCUT2D eigenvalue weighted by atomic mass is 9.85. The molecule has 3 aliphatic rings. The van der Waals surface area contributed by atoms with Crippen molar-refractivity contribution in [2.75, 3.05) is 0 Å². The highest BCUT2D eigenvalue weighted by molar-refractivity contribution is 6.22. The SMILES string of the molecule is c1ccc2c(c1)Cc1c3c(c4c(c1-2)-c1cccc2cccc-4c12)-c1ccccc1C3. The molecule has 0 bridgehead atoms. The minimum absolute atomic E-state index is 1.06. The second-order valence-corrected chi connectivity index (χ2v) is 8.83. The van der Waals surface area contributed by atoms with Gasteiger partial charge in [-0.3, -0.25) is 0 Å². The summed E-state index contributed by atoms with van der Waals surface area (Å²) in [6.45, 7) is 0. The summed E-state index contributed by atoms with van der Waals surface area (Å²) in [6.07, 6.45) is 2.11. The smallest absolute Gasteiger partial charge is 0.00101 e. The number of fused-ring (bicyclic) bond motifs is 12. The first-order valence-electron chi connectivity index (χ1n) is 10.8. The lowest BCUT2D eigenvalue weighted by Gasteiger charge is -2.17. The van der Waals surface area contributed by atoms with Crippen molar-refractivity contribution in [1.29, 1.82) is 0 Å². The number of benzene rings is 5. The van der Waals surface area contributed by atoms with Gasteiger partial charge in [0.2, 0.25) is 0 Å². The molecule has 0 N–H and O–H groups in total. The monoisotopic (exact) mass is 378 g/mol. The van der Waals surface area contributed by atoms with Crippen LogP contribution < -0.4 is 0 Å². The Balaban J connectivity index is 1.63. The quantitative estimate of drug-likeness (QED) is 0.254. The average molecular weight is 378 g/mol. The van der Waals surface area contributed by atoms with Gasteiger partial charge < -0.3 is 0 Å². The summed E-state index contributed by atoms with van der Waals surface area (Å²) in [6, 6.07) is 31.7. The van der Waals surface area contributed by atoms with Gasteiger partial charge in [-0.15, -0.1) is 0 Å². The fourth-order valence-corrected chi connectivity index (χ4v) is 6.35. The van der Waals surface area contributed by atoms with E-state index in [9.17, 15) is 0 Å². The summed E-state index contributed by atoms with van der Waals surface area (Å²) in [5.41, 5.74) is 17.7. The van der Waals surface area contributed by atoms with Crippen LogP contribution in [-0.4, -0.2) is 0 Å². The fourth-order valence-electron chi connectivity index (χ4n) is 6.35. The maximum absolute atomic E-state index is 2.34. The molecule has 0 unspecified atom stereocenters. The van der Waals surface area contributed by atoms with Gasteiger partial charge in [0, 0.05) is 0 Å². The summed E-state index contributed by atoms with van der Waals surface area (Å²) in [5.74, 6) is 0. The van der Waals surface area contributed by atoms with E-state index in [0.717, 1.165) is 12.8 Å². The minimum atomic E-state index is 1.06. The maximum atomic E-state index is 2.34. The third kappa shape index (κ3) is 1.63. The van der Waals surface area contributed by atoms with Crippen LogP contribution in [0.25, 0.3) is 55.3 Å². The van der Waals surface area contributed by atoms with E-state index in [4.69, 9.17) is 0 Å². The minimum Gasteiger partial charge on any atom is -0.0619 e. The van der Waals surface area contributed by atoms with Gasteiger partial charge in [0.1, 0.15) is 0 Å². The van der Waals surface area contributed by atoms with E-state index in [1.165, 1.54) is 66.4 Å². The Bertz CT molecular complexity index is 1470. The van der Waals surface area contributed by atoms with E-state index in [-0.39, 0.29) is 0 Å². The van der Waals surface area contributed by atoms with Crippen LogP contribution in [-0.2, 0) is 12.8 Å². The highest BCUT2D eigenvalue weighted by atomic mass is 14.4. The van der Waals surface area contributed by atoms with Crippen molar-refractivity contribution >= 4 is 10.8 Å². The van der Waals surface area contributed by atoms with Gasteiger partial charge in [-0.25, -0.2) is 0 Å². The molecule has 8 rings (SSSR count). The largest absolute Gasteiger partial charge is 0.0619 e. The highest BCUT2D eigenvalue weighted by Gasteiger charge is 2.37. The third-order valence-electron chi connectivity index (χ3n) is 7.47. The lowest BCUT2D eigenvalue weighted by Crippen LogP contribution is -1.95. The van der Waals surface area contributed by atoms with Crippen LogP contribution in [0.3, 0.4) is 0 Å². The van der Waals surface area contributed by atoms with Crippen molar-refractivity contribution in [1.82, 2.24) is 0 Å². The predicted molar refractivity (Wildman–Crippen MR) is 125 cm³/mol. The average Bonchev–Trinajstić information content (AvgIpc) is 3.45. The van der Waals surface area contributed by atoms with Crippen molar-refractivity contribution in [3.8, 4) is 44.5 Å². The molecule has 0 atom stereocenters. The Morgan fingerprint density at radius 2 is 0.867 bits per heavy atom. The van der Waals surface area contributed by atoms with E-state index in [1.807, 2.05) is 0 Å². The molecule has 0 amide bonds. The molecule has 3 aliphatic carbocycles. The Labute approximate surface area is 175 Å². The van der Waals surface area contributed by atoms with Crippen molar-refractivity contribution in [3.05, 3.63) is 107 Å². The number of hydrogen-bond donors (Lipinski definition) is 0. The second kappa shape index (κ2) is 5.09. The van der Waals surface area contributed by atoms with Crippen LogP contribution in [0, 0.1) is 0 Å². The second-order valence-electron chi connectivity index (χ2n) is 8.83. The van der Waals surface area contributed by atoms with Gasteiger partial charge in [0.25, 0.3) is 0 Å². The Kier molecular flexibility index (Phi) is 2.59. The predicted octanol–water partition coefficient (Wildman–Crippen LogP) is 7.63. The first-order chi connectivity index (χ1) is 14.9.